The van der Waals surface area contributed by atoms with Gasteiger partial charge in [0, 0.05) is 25.4 Å². The van der Waals surface area contributed by atoms with Gasteiger partial charge in [-0.1, -0.05) is 0 Å². The van der Waals surface area contributed by atoms with E-state index in [4.69, 9.17) is 17.0 Å². The van der Waals surface area contributed by atoms with E-state index in [0.717, 1.165) is 51.4 Å². The number of morpholine rings is 1. The summed E-state index contributed by atoms with van der Waals surface area (Å²) in [5.41, 5.74) is -0.0145. The highest BCUT2D eigenvalue weighted by Gasteiger charge is 2.31. The number of benzene rings is 1. The highest BCUT2D eigenvalue weighted by molar-refractivity contribution is 7.80. The molecule has 0 atom stereocenters. The minimum absolute atomic E-state index is 0.245. The molecular formula is C18H23F3N5OS+. The van der Waals surface area contributed by atoms with E-state index in [0.29, 0.717) is 12.2 Å². The number of thiocarbonyl (C=S) groups is 1. The van der Waals surface area contributed by atoms with Crippen LogP contribution in [0.2, 0.25) is 0 Å². The number of anilines is 1. The van der Waals surface area contributed by atoms with Crippen LogP contribution in [0.25, 0.3) is 5.69 Å². The zero-order chi connectivity index (χ0) is 20.0. The molecule has 6 nitrogen and oxygen atoms in total. The Hall–Kier alpha value is -2.17. The van der Waals surface area contributed by atoms with Gasteiger partial charge in [0.2, 0.25) is 0 Å². The second kappa shape index (κ2) is 9.35. The number of hydrogen-bond donors (Lipinski definition) is 3. The van der Waals surface area contributed by atoms with E-state index < -0.39 is 11.7 Å². The predicted molar refractivity (Wildman–Crippen MR) is 104 cm³/mol. The molecule has 1 aromatic heterocycles. The van der Waals surface area contributed by atoms with E-state index in [2.05, 4.69) is 15.7 Å². The second-order valence-electron chi connectivity index (χ2n) is 6.53. The summed E-state index contributed by atoms with van der Waals surface area (Å²) in [5.74, 6) is 0. The van der Waals surface area contributed by atoms with Crippen molar-refractivity contribution < 1.29 is 22.8 Å². The third-order valence-corrected chi connectivity index (χ3v) is 4.76. The van der Waals surface area contributed by atoms with Crippen molar-refractivity contribution in [1.29, 1.82) is 0 Å². The Kier molecular flexibility index (Phi) is 6.87. The Labute approximate surface area is 166 Å². The first kappa shape index (κ1) is 20.6. The van der Waals surface area contributed by atoms with Crippen molar-refractivity contribution in [2.45, 2.75) is 12.6 Å². The van der Waals surface area contributed by atoms with Crippen LogP contribution in [0.1, 0.15) is 12.0 Å². The zero-order valence-electron chi connectivity index (χ0n) is 15.3. The number of ether oxygens (including phenoxy) is 1. The maximum Gasteiger partial charge on any atom is 0.416 e. The molecule has 0 saturated carbocycles. The molecule has 0 aliphatic carbocycles. The lowest BCUT2D eigenvalue weighted by Gasteiger charge is -2.23. The molecule has 3 N–H and O–H groups in total. The SMILES string of the molecule is FC(F)(F)c1ccc(-n2cccn2)c(NC(=S)NCCC[NH+]2CCOCC2)c1. The molecule has 28 heavy (non-hydrogen) atoms. The first-order valence-corrected chi connectivity index (χ1v) is 9.52. The summed E-state index contributed by atoms with van der Waals surface area (Å²) < 4.78 is 46.1. The van der Waals surface area contributed by atoms with E-state index in [1.807, 2.05) is 0 Å². The number of aromatic nitrogens is 2. The van der Waals surface area contributed by atoms with Gasteiger partial charge in [0.1, 0.15) is 13.1 Å². The summed E-state index contributed by atoms with van der Waals surface area (Å²) in [6.45, 7) is 5.22. The van der Waals surface area contributed by atoms with Crippen LogP contribution in [-0.2, 0) is 10.9 Å². The molecule has 1 aliphatic heterocycles. The molecule has 1 aromatic carbocycles. The van der Waals surface area contributed by atoms with Crippen molar-refractivity contribution in [3.05, 3.63) is 42.2 Å². The largest absolute Gasteiger partial charge is 0.416 e. The molecule has 0 spiro atoms. The van der Waals surface area contributed by atoms with Gasteiger partial charge in [-0.05, 0) is 36.5 Å². The normalized spacial score (nSPS) is 15.4. The molecule has 1 saturated heterocycles. The minimum Gasteiger partial charge on any atom is -0.370 e. The van der Waals surface area contributed by atoms with E-state index in [-0.39, 0.29) is 10.8 Å². The van der Waals surface area contributed by atoms with E-state index in [1.165, 1.54) is 15.6 Å². The van der Waals surface area contributed by atoms with E-state index in [1.54, 1.807) is 18.5 Å². The fourth-order valence-corrected chi connectivity index (χ4v) is 3.25. The molecule has 1 fully saturated rings. The fraction of sp³-hybridized carbons (Fsp3) is 0.444. The van der Waals surface area contributed by atoms with Crippen LogP contribution in [0.3, 0.4) is 0 Å². The zero-order valence-corrected chi connectivity index (χ0v) is 16.1. The van der Waals surface area contributed by atoms with Crippen LogP contribution in [0.15, 0.2) is 36.7 Å². The number of halogens is 3. The Morgan fingerprint density at radius 3 is 2.75 bits per heavy atom. The Balaban J connectivity index is 1.60. The lowest BCUT2D eigenvalue weighted by Crippen LogP contribution is -3.14. The summed E-state index contributed by atoms with van der Waals surface area (Å²) in [6.07, 6.45) is -0.303. The van der Waals surface area contributed by atoms with Crippen molar-refractivity contribution >= 4 is 23.0 Å². The van der Waals surface area contributed by atoms with Crippen LogP contribution >= 0.6 is 12.2 Å². The molecular weight excluding hydrogens is 391 g/mol. The van der Waals surface area contributed by atoms with Crippen LogP contribution in [0.4, 0.5) is 18.9 Å². The van der Waals surface area contributed by atoms with Crippen LogP contribution in [0.5, 0.6) is 0 Å². The van der Waals surface area contributed by atoms with Crippen molar-refractivity contribution in [3.63, 3.8) is 0 Å². The standard InChI is InChI=1S/C18H22F3N5OS/c19-18(20,21)14-3-4-16(26-8-2-6-23-26)15(13-14)24-17(28)22-5-1-7-25-9-11-27-12-10-25/h2-4,6,8,13H,1,5,7,9-12H2,(H2,22,24,28)/p+1. The third kappa shape index (κ3) is 5.66. The average molecular weight is 414 g/mol. The quantitative estimate of drug-likeness (QED) is 0.494. The lowest BCUT2D eigenvalue weighted by molar-refractivity contribution is -0.908. The summed E-state index contributed by atoms with van der Waals surface area (Å²) in [5, 5.41) is 10.3. The van der Waals surface area contributed by atoms with Gasteiger partial charge in [0.15, 0.2) is 5.11 Å². The third-order valence-electron chi connectivity index (χ3n) is 4.52. The van der Waals surface area contributed by atoms with E-state index >= 15 is 0 Å². The van der Waals surface area contributed by atoms with Gasteiger partial charge in [-0.15, -0.1) is 0 Å². The molecule has 152 valence electrons. The van der Waals surface area contributed by atoms with E-state index in [9.17, 15) is 13.2 Å². The first-order valence-electron chi connectivity index (χ1n) is 9.11. The number of rotatable bonds is 6. The van der Waals surface area contributed by atoms with Crippen molar-refractivity contribution in [3.8, 4) is 5.69 Å². The monoisotopic (exact) mass is 414 g/mol. The summed E-state index contributed by atoms with van der Waals surface area (Å²) in [7, 11) is 0. The van der Waals surface area contributed by atoms with Gasteiger partial charge in [-0.3, -0.25) is 0 Å². The number of nitrogens with one attached hydrogen (secondary N) is 3. The van der Waals surface area contributed by atoms with Crippen LogP contribution in [-0.4, -0.2) is 54.3 Å². The first-order chi connectivity index (χ1) is 13.4. The van der Waals surface area contributed by atoms with Gasteiger partial charge in [-0.25, -0.2) is 4.68 Å². The molecule has 3 rings (SSSR count). The van der Waals surface area contributed by atoms with Crippen molar-refractivity contribution in [1.82, 2.24) is 15.1 Å². The predicted octanol–water partition coefficient (Wildman–Crippen LogP) is 1.48. The summed E-state index contributed by atoms with van der Waals surface area (Å²) in [4.78, 5) is 1.49. The molecule has 10 heteroatoms. The number of quaternary nitrogens is 1. The van der Waals surface area contributed by atoms with Crippen molar-refractivity contribution in [2.24, 2.45) is 0 Å². The average Bonchev–Trinajstić information content (AvgIpc) is 3.20. The number of nitrogens with zero attached hydrogens (tertiary/aromatic N) is 2. The highest BCUT2D eigenvalue weighted by atomic mass is 32.1. The molecule has 0 unspecified atom stereocenters. The lowest BCUT2D eigenvalue weighted by atomic mass is 10.1. The maximum atomic E-state index is 13.1. The molecule has 0 amide bonds. The molecule has 0 radical (unpaired) electrons. The van der Waals surface area contributed by atoms with Crippen LogP contribution < -0.4 is 15.5 Å². The number of hydrogen-bond acceptors (Lipinski definition) is 3. The maximum absolute atomic E-state index is 13.1. The van der Waals surface area contributed by atoms with Crippen LogP contribution in [0, 0.1) is 0 Å². The van der Waals surface area contributed by atoms with Gasteiger partial charge in [0.25, 0.3) is 0 Å². The second-order valence-corrected chi connectivity index (χ2v) is 6.94. The Morgan fingerprint density at radius 2 is 2.07 bits per heavy atom. The van der Waals surface area contributed by atoms with Gasteiger partial charge in [0.05, 0.1) is 36.7 Å². The van der Waals surface area contributed by atoms with Gasteiger partial charge < -0.3 is 20.3 Å². The molecule has 0 bridgehead atoms. The smallest absolute Gasteiger partial charge is 0.370 e. The highest BCUT2D eigenvalue weighted by Crippen LogP contribution is 2.33. The molecule has 2 aromatic rings. The number of alkyl halides is 3. The van der Waals surface area contributed by atoms with Gasteiger partial charge in [-0.2, -0.15) is 18.3 Å². The topological polar surface area (TPSA) is 55.5 Å². The minimum atomic E-state index is -4.44. The van der Waals surface area contributed by atoms with Crippen molar-refractivity contribution in [2.75, 3.05) is 44.7 Å². The fourth-order valence-electron chi connectivity index (χ4n) is 3.04. The Bertz CT molecular complexity index is 776. The van der Waals surface area contributed by atoms with Gasteiger partial charge >= 0.3 is 6.18 Å². The molecule has 1 aliphatic rings. The summed E-state index contributed by atoms with van der Waals surface area (Å²) >= 11 is 5.27. The molecule has 2 heterocycles. The Morgan fingerprint density at radius 1 is 1.29 bits per heavy atom. The summed E-state index contributed by atoms with van der Waals surface area (Å²) in [6, 6.07) is 5.15.